The van der Waals surface area contributed by atoms with Gasteiger partial charge >= 0.3 is 0 Å². The van der Waals surface area contributed by atoms with E-state index in [1.165, 1.54) is 4.88 Å². The lowest BCUT2D eigenvalue weighted by atomic mass is 9.83. The van der Waals surface area contributed by atoms with Crippen molar-refractivity contribution < 1.29 is 4.79 Å². The molecule has 2 aromatic rings. The normalized spacial score (nSPS) is 22.6. The van der Waals surface area contributed by atoms with E-state index in [0.29, 0.717) is 12.5 Å². The van der Waals surface area contributed by atoms with Crippen LogP contribution in [-0.2, 0) is 11.3 Å². The number of allylic oxidation sites excluding steroid dienone is 1. The third-order valence-corrected chi connectivity index (χ3v) is 6.40. The van der Waals surface area contributed by atoms with Crippen LogP contribution < -0.4 is 5.56 Å². The second-order valence-electron chi connectivity index (χ2n) is 7.18. The van der Waals surface area contributed by atoms with Crippen LogP contribution in [0.1, 0.15) is 34.7 Å². The second kappa shape index (κ2) is 6.30. The molecule has 0 aliphatic carbocycles. The first-order chi connectivity index (χ1) is 12.0. The molecule has 1 saturated heterocycles. The van der Waals surface area contributed by atoms with Gasteiger partial charge in [-0.3, -0.25) is 9.59 Å². The highest BCUT2D eigenvalue weighted by atomic mass is 32.1. The lowest BCUT2D eigenvalue weighted by molar-refractivity contribution is -0.128. The number of pyridine rings is 1. The van der Waals surface area contributed by atoms with Gasteiger partial charge in [0.05, 0.1) is 0 Å². The monoisotopic (exact) mass is 354 g/mol. The molecule has 4 heterocycles. The quantitative estimate of drug-likeness (QED) is 0.777. The number of aryl methyl sites for hydroxylation is 1. The fraction of sp³-hybridized carbons (Fsp3) is 0.400. The van der Waals surface area contributed by atoms with Crippen molar-refractivity contribution in [1.82, 2.24) is 9.47 Å². The highest BCUT2D eigenvalue weighted by Crippen LogP contribution is 2.35. The van der Waals surface area contributed by atoms with Crippen molar-refractivity contribution in [2.75, 3.05) is 13.1 Å². The molecule has 4 nitrogen and oxygen atoms in total. The molecule has 25 heavy (non-hydrogen) atoms. The highest BCUT2D eigenvalue weighted by molar-refractivity contribution is 7.13. The molecule has 2 aliphatic rings. The standard InChI is InChI=1S/C20H22N2O2S/c1-13(18-7-6-14(2)25-18)8-20(24)21-10-15-9-16(12-21)17-4-3-5-19(23)22(17)11-15/h3-8,15-16H,9-12H2,1-2H3. The maximum absolute atomic E-state index is 12.8. The smallest absolute Gasteiger partial charge is 0.250 e. The Morgan fingerprint density at radius 1 is 1.20 bits per heavy atom. The van der Waals surface area contributed by atoms with Crippen LogP contribution in [0.4, 0.5) is 0 Å². The average Bonchev–Trinajstić information content (AvgIpc) is 3.02. The Labute approximate surface area is 151 Å². The summed E-state index contributed by atoms with van der Waals surface area (Å²) in [6, 6.07) is 9.65. The number of thiophene rings is 1. The number of rotatable bonds is 2. The van der Waals surface area contributed by atoms with Gasteiger partial charge < -0.3 is 9.47 Å². The summed E-state index contributed by atoms with van der Waals surface area (Å²) in [4.78, 5) is 29.2. The number of hydrogen-bond donors (Lipinski definition) is 0. The molecule has 0 N–H and O–H groups in total. The Kier molecular flexibility index (Phi) is 4.12. The Bertz CT molecular complexity index is 908. The van der Waals surface area contributed by atoms with Crippen LogP contribution in [0.3, 0.4) is 0 Å². The number of likely N-dealkylation sites (tertiary alicyclic amines) is 1. The molecule has 2 atom stereocenters. The first-order valence-electron chi connectivity index (χ1n) is 8.75. The molecule has 2 unspecified atom stereocenters. The number of carbonyl (C=O) groups is 1. The molecule has 1 amide bonds. The Morgan fingerprint density at radius 3 is 2.80 bits per heavy atom. The Balaban J connectivity index is 1.56. The van der Waals surface area contributed by atoms with E-state index < -0.39 is 0 Å². The van der Waals surface area contributed by atoms with Gasteiger partial charge in [0.2, 0.25) is 5.91 Å². The molecule has 2 aromatic heterocycles. The third-order valence-electron chi connectivity index (χ3n) is 5.26. The van der Waals surface area contributed by atoms with Crippen LogP contribution in [0.5, 0.6) is 0 Å². The van der Waals surface area contributed by atoms with Crippen LogP contribution >= 0.6 is 11.3 Å². The van der Waals surface area contributed by atoms with E-state index in [1.807, 2.05) is 28.5 Å². The maximum atomic E-state index is 12.8. The van der Waals surface area contributed by atoms with Crippen LogP contribution in [-0.4, -0.2) is 28.5 Å². The summed E-state index contributed by atoms with van der Waals surface area (Å²) < 4.78 is 1.90. The largest absolute Gasteiger partial charge is 0.338 e. The molecular formula is C20H22N2O2S. The molecule has 0 spiro atoms. The molecule has 0 saturated carbocycles. The Morgan fingerprint density at radius 2 is 2.04 bits per heavy atom. The topological polar surface area (TPSA) is 42.3 Å². The molecule has 2 aliphatic heterocycles. The lowest BCUT2D eigenvalue weighted by Gasteiger charge is -2.42. The van der Waals surface area contributed by atoms with Crippen molar-refractivity contribution >= 4 is 22.8 Å². The van der Waals surface area contributed by atoms with Gasteiger partial charge in [0.1, 0.15) is 0 Å². The van der Waals surface area contributed by atoms with E-state index >= 15 is 0 Å². The van der Waals surface area contributed by atoms with E-state index in [2.05, 4.69) is 19.1 Å². The van der Waals surface area contributed by atoms with Gasteiger partial charge in [-0.2, -0.15) is 0 Å². The number of piperidine rings is 1. The van der Waals surface area contributed by atoms with Crippen LogP contribution in [0, 0.1) is 12.8 Å². The molecular weight excluding hydrogens is 332 g/mol. The minimum absolute atomic E-state index is 0.0794. The third kappa shape index (κ3) is 3.09. The minimum Gasteiger partial charge on any atom is -0.338 e. The van der Waals surface area contributed by atoms with E-state index in [9.17, 15) is 9.59 Å². The number of hydrogen-bond acceptors (Lipinski definition) is 3. The van der Waals surface area contributed by atoms with Crippen molar-refractivity contribution in [2.24, 2.45) is 5.92 Å². The van der Waals surface area contributed by atoms with Gasteiger partial charge in [-0.05, 0) is 50.0 Å². The summed E-state index contributed by atoms with van der Waals surface area (Å²) >= 11 is 1.72. The molecule has 130 valence electrons. The summed E-state index contributed by atoms with van der Waals surface area (Å²) in [6.07, 6.45) is 2.84. The summed E-state index contributed by atoms with van der Waals surface area (Å²) in [6.45, 7) is 6.24. The van der Waals surface area contributed by atoms with E-state index in [0.717, 1.165) is 35.7 Å². The number of nitrogens with zero attached hydrogens (tertiary/aromatic N) is 2. The number of carbonyl (C=O) groups excluding carboxylic acids is 1. The van der Waals surface area contributed by atoms with Crippen molar-refractivity contribution in [3.8, 4) is 0 Å². The fourth-order valence-electron chi connectivity index (χ4n) is 4.07. The Hall–Kier alpha value is -2.14. The molecule has 0 radical (unpaired) electrons. The number of fused-ring (bicyclic) bond motifs is 4. The summed E-state index contributed by atoms with van der Waals surface area (Å²) in [5, 5.41) is 0. The predicted molar refractivity (Wildman–Crippen MR) is 101 cm³/mol. The van der Waals surface area contributed by atoms with Crippen molar-refractivity contribution in [1.29, 1.82) is 0 Å². The average molecular weight is 354 g/mol. The minimum atomic E-state index is 0.0794. The van der Waals surface area contributed by atoms with E-state index in [-0.39, 0.29) is 17.4 Å². The van der Waals surface area contributed by atoms with Crippen LogP contribution in [0.15, 0.2) is 41.2 Å². The lowest BCUT2D eigenvalue weighted by Crippen LogP contribution is -2.48. The van der Waals surface area contributed by atoms with Gasteiger partial charge in [-0.25, -0.2) is 0 Å². The van der Waals surface area contributed by atoms with Crippen LogP contribution in [0.25, 0.3) is 5.57 Å². The van der Waals surface area contributed by atoms with E-state index in [4.69, 9.17) is 0 Å². The van der Waals surface area contributed by atoms with Gasteiger partial charge in [-0.1, -0.05) is 6.07 Å². The number of amides is 1. The van der Waals surface area contributed by atoms with Crippen molar-refractivity contribution in [2.45, 2.75) is 32.7 Å². The SMILES string of the molecule is CC(=CC(=O)N1CC2CC(C1)c1cccc(=O)n1C2)c1ccc(C)s1. The van der Waals surface area contributed by atoms with Crippen LogP contribution in [0.2, 0.25) is 0 Å². The van der Waals surface area contributed by atoms with Gasteiger partial charge in [0.15, 0.2) is 0 Å². The van der Waals surface area contributed by atoms with Gasteiger partial charge in [0.25, 0.3) is 5.56 Å². The van der Waals surface area contributed by atoms with Gasteiger partial charge in [0, 0.05) is 53.1 Å². The molecule has 1 fully saturated rings. The first-order valence-corrected chi connectivity index (χ1v) is 9.56. The fourth-order valence-corrected chi connectivity index (χ4v) is 4.91. The summed E-state index contributed by atoms with van der Waals surface area (Å²) in [5.74, 6) is 0.723. The zero-order chi connectivity index (χ0) is 17.6. The molecule has 4 rings (SSSR count). The summed E-state index contributed by atoms with van der Waals surface area (Å²) in [7, 11) is 0. The number of aromatic nitrogens is 1. The molecule has 0 aromatic carbocycles. The predicted octanol–water partition coefficient (Wildman–Crippen LogP) is 3.27. The molecule has 2 bridgehead atoms. The maximum Gasteiger partial charge on any atom is 0.250 e. The zero-order valence-electron chi connectivity index (χ0n) is 14.6. The highest BCUT2D eigenvalue weighted by Gasteiger charge is 2.35. The second-order valence-corrected chi connectivity index (χ2v) is 8.47. The summed E-state index contributed by atoms with van der Waals surface area (Å²) in [5.41, 5.74) is 2.18. The first kappa shape index (κ1) is 16.3. The molecule has 5 heteroatoms. The van der Waals surface area contributed by atoms with Gasteiger partial charge in [-0.15, -0.1) is 11.3 Å². The van der Waals surface area contributed by atoms with Crippen molar-refractivity contribution in [3.05, 3.63) is 62.2 Å². The zero-order valence-corrected chi connectivity index (χ0v) is 15.4. The van der Waals surface area contributed by atoms with E-state index in [1.54, 1.807) is 23.5 Å². The van der Waals surface area contributed by atoms with Crippen molar-refractivity contribution in [3.63, 3.8) is 0 Å².